The minimum atomic E-state index is 0.121. The summed E-state index contributed by atoms with van der Waals surface area (Å²) in [6, 6.07) is 10.4. The molecule has 0 saturated heterocycles. The monoisotopic (exact) mass is 161 g/mol. The number of hydrogen-bond donors (Lipinski definition) is 0. The third-order valence-corrected chi connectivity index (χ3v) is 3.04. The fourth-order valence-electron chi connectivity index (χ4n) is 1.27. The predicted octanol–water partition coefficient (Wildman–Crippen LogP) is 2.40. The van der Waals surface area contributed by atoms with Gasteiger partial charge in [-0.15, -0.1) is 11.8 Å². The first-order valence-corrected chi connectivity index (χ1v) is 4.51. The molecular weight excluding hydrogens is 154 g/mol. The summed E-state index contributed by atoms with van der Waals surface area (Å²) in [5.74, 6) is 1.05. The first kappa shape index (κ1) is 6.75. The molecule has 11 heavy (non-hydrogen) atoms. The second kappa shape index (κ2) is 2.60. The number of nitrogens with zero attached hydrogens (tertiary/aromatic N) is 1. The summed E-state index contributed by atoms with van der Waals surface area (Å²) in [5.41, 5.74) is 1.21. The van der Waals surface area contributed by atoms with Crippen LogP contribution in [0.25, 0.3) is 0 Å². The molecule has 0 amide bonds. The third-order valence-electron chi connectivity index (χ3n) is 1.86. The zero-order valence-electron chi connectivity index (χ0n) is 5.95. The van der Waals surface area contributed by atoms with E-state index >= 15 is 0 Å². The maximum atomic E-state index is 8.75. The van der Waals surface area contributed by atoms with Crippen LogP contribution in [0.3, 0.4) is 0 Å². The average Bonchev–Trinajstić information content (AvgIpc) is 2.47. The minimum absolute atomic E-state index is 0.121. The minimum Gasteiger partial charge on any atom is -0.198 e. The van der Waals surface area contributed by atoms with E-state index in [1.807, 2.05) is 18.2 Å². The smallest absolute Gasteiger partial charge is 0.0817 e. The van der Waals surface area contributed by atoms with Crippen molar-refractivity contribution in [1.29, 1.82) is 5.26 Å². The van der Waals surface area contributed by atoms with E-state index < -0.39 is 0 Å². The normalized spacial score (nSPS) is 20.8. The zero-order chi connectivity index (χ0) is 7.68. The van der Waals surface area contributed by atoms with Crippen molar-refractivity contribution in [1.82, 2.24) is 0 Å². The van der Waals surface area contributed by atoms with Crippen molar-refractivity contribution in [3.05, 3.63) is 29.8 Å². The lowest BCUT2D eigenvalue weighted by Crippen LogP contribution is -1.90. The summed E-state index contributed by atoms with van der Waals surface area (Å²) in [5, 5.41) is 8.75. The Balaban J connectivity index is 2.49. The van der Waals surface area contributed by atoms with E-state index in [1.54, 1.807) is 11.8 Å². The van der Waals surface area contributed by atoms with Gasteiger partial charge in [0, 0.05) is 10.6 Å². The van der Waals surface area contributed by atoms with Gasteiger partial charge in [-0.05, 0) is 11.6 Å². The van der Waals surface area contributed by atoms with Gasteiger partial charge in [0.2, 0.25) is 0 Å². The van der Waals surface area contributed by atoms with E-state index in [0.29, 0.717) is 0 Å². The molecule has 0 spiro atoms. The van der Waals surface area contributed by atoms with Gasteiger partial charge in [-0.3, -0.25) is 0 Å². The van der Waals surface area contributed by atoms with E-state index in [-0.39, 0.29) is 5.92 Å². The Morgan fingerprint density at radius 3 is 3.09 bits per heavy atom. The lowest BCUT2D eigenvalue weighted by Gasteiger charge is -1.97. The van der Waals surface area contributed by atoms with Gasteiger partial charge in [-0.2, -0.15) is 5.26 Å². The van der Waals surface area contributed by atoms with Crippen molar-refractivity contribution in [3.8, 4) is 6.07 Å². The number of nitriles is 1. The van der Waals surface area contributed by atoms with Crippen LogP contribution in [0.4, 0.5) is 0 Å². The van der Waals surface area contributed by atoms with Crippen LogP contribution in [-0.2, 0) is 0 Å². The van der Waals surface area contributed by atoms with Gasteiger partial charge in [0.1, 0.15) is 0 Å². The largest absolute Gasteiger partial charge is 0.198 e. The number of hydrogen-bond acceptors (Lipinski definition) is 2. The van der Waals surface area contributed by atoms with Crippen LogP contribution in [0.15, 0.2) is 29.2 Å². The van der Waals surface area contributed by atoms with Gasteiger partial charge in [-0.1, -0.05) is 18.2 Å². The van der Waals surface area contributed by atoms with Crippen LogP contribution >= 0.6 is 11.8 Å². The molecule has 0 aliphatic carbocycles. The SMILES string of the molecule is N#CC1CSc2ccccc21. The van der Waals surface area contributed by atoms with Gasteiger partial charge < -0.3 is 0 Å². The maximum absolute atomic E-state index is 8.75. The zero-order valence-corrected chi connectivity index (χ0v) is 6.77. The lowest BCUT2D eigenvalue weighted by molar-refractivity contribution is 0.996. The molecule has 0 bridgehead atoms. The summed E-state index contributed by atoms with van der Waals surface area (Å²) in [7, 11) is 0. The molecule has 0 fully saturated rings. The maximum Gasteiger partial charge on any atom is 0.0817 e. The Kier molecular flexibility index (Phi) is 1.59. The van der Waals surface area contributed by atoms with Crippen LogP contribution in [0.1, 0.15) is 11.5 Å². The highest BCUT2D eigenvalue weighted by Crippen LogP contribution is 2.38. The van der Waals surface area contributed by atoms with Crippen molar-refractivity contribution in [2.24, 2.45) is 0 Å². The molecule has 1 nitrogen and oxygen atoms in total. The standard InChI is InChI=1S/C9H7NS/c10-5-7-6-11-9-4-2-1-3-8(7)9/h1-4,7H,6H2. The Morgan fingerprint density at radius 1 is 1.45 bits per heavy atom. The topological polar surface area (TPSA) is 23.8 Å². The van der Waals surface area contributed by atoms with Gasteiger partial charge >= 0.3 is 0 Å². The molecule has 1 aliphatic heterocycles. The van der Waals surface area contributed by atoms with Gasteiger partial charge in [0.05, 0.1) is 12.0 Å². The van der Waals surface area contributed by atoms with Crippen LogP contribution < -0.4 is 0 Å². The van der Waals surface area contributed by atoms with Crippen LogP contribution in [0, 0.1) is 11.3 Å². The van der Waals surface area contributed by atoms with Crippen LogP contribution in [0.5, 0.6) is 0 Å². The number of rotatable bonds is 0. The Hall–Kier alpha value is -0.940. The molecule has 2 rings (SSSR count). The Labute approximate surface area is 70.0 Å². The van der Waals surface area contributed by atoms with Crippen LogP contribution in [-0.4, -0.2) is 5.75 Å². The van der Waals surface area contributed by atoms with E-state index in [0.717, 1.165) is 5.75 Å². The molecule has 0 N–H and O–H groups in total. The van der Waals surface area contributed by atoms with Crippen molar-refractivity contribution in [3.63, 3.8) is 0 Å². The summed E-state index contributed by atoms with van der Waals surface area (Å²) >= 11 is 1.78. The second-order valence-electron chi connectivity index (χ2n) is 2.53. The van der Waals surface area contributed by atoms with Gasteiger partial charge in [0.15, 0.2) is 0 Å². The number of fused-ring (bicyclic) bond motifs is 1. The van der Waals surface area contributed by atoms with Crippen molar-refractivity contribution in [2.45, 2.75) is 10.8 Å². The van der Waals surface area contributed by atoms with E-state index in [9.17, 15) is 0 Å². The first-order valence-electron chi connectivity index (χ1n) is 3.53. The Bertz CT molecular complexity index is 314. The quantitative estimate of drug-likeness (QED) is 0.583. The molecule has 0 aromatic heterocycles. The van der Waals surface area contributed by atoms with Crippen molar-refractivity contribution in [2.75, 3.05) is 5.75 Å². The molecule has 2 heteroatoms. The number of thioether (sulfide) groups is 1. The summed E-state index contributed by atoms with van der Waals surface area (Å²) in [4.78, 5) is 1.28. The fraction of sp³-hybridized carbons (Fsp3) is 0.222. The summed E-state index contributed by atoms with van der Waals surface area (Å²) in [6.45, 7) is 0. The lowest BCUT2D eigenvalue weighted by atomic mass is 10.0. The van der Waals surface area contributed by atoms with E-state index in [2.05, 4.69) is 12.1 Å². The molecule has 54 valence electrons. The van der Waals surface area contributed by atoms with E-state index in [4.69, 9.17) is 5.26 Å². The van der Waals surface area contributed by atoms with Gasteiger partial charge in [0.25, 0.3) is 0 Å². The molecular formula is C9H7NS. The highest BCUT2D eigenvalue weighted by molar-refractivity contribution is 7.99. The molecule has 1 unspecified atom stereocenters. The van der Waals surface area contributed by atoms with Crippen molar-refractivity contribution < 1.29 is 0 Å². The third kappa shape index (κ3) is 1.02. The highest BCUT2D eigenvalue weighted by atomic mass is 32.2. The summed E-state index contributed by atoms with van der Waals surface area (Å²) in [6.07, 6.45) is 0. The van der Waals surface area contributed by atoms with Crippen molar-refractivity contribution >= 4 is 11.8 Å². The second-order valence-corrected chi connectivity index (χ2v) is 3.59. The first-order chi connectivity index (χ1) is 5.42. The van der Waals surface area contributed by atoms with Gasteiger partial charge in [-0.25, -0.2) is 0 Å². The molecule has 1 aromatic rings. The number of benzene rings is 1. The Morgan fingerprint density at radius 2 is 2.27 bits per heavy atom. The fourth-order valence-corrected chi connectivity index (χ4v) is 2.42. The molecule has 1 aromatic carbocycles. The summed E-state index contributed by atoms with van der Waals surface area (Å²) < 4.78 is 0. The predicted molar refractivity (Wildman–Crippen MR) is 45.5 cm³/mol. The molecule has 1 atom stereocenters. The molecule has 1 aliphatic rings. The van der Waals surface area contributed by atoms with E-state index in [1.165, 1.54) is 10.5 Å². The highest BCUT2D eigenvalue weighted by Gasteiger charge is 2.21. The average molecular weight is 161 g/mol. The molecule has 0 saturated carbocycles. The van der Waals surface area contributed by atoms with Crippen LogP contribution in [0.2, 0.25) is 0 Å². The molecule has 0 radical (unpaired) electrons. The molecule has 1 heterocycles.